The summed E-state index contributed by atoms with van der Waals surface area (Å²) in [5.74, 6) is 0.174. The Kier molecular flexibility index (Phi) is 5.67. The number of methoxy groups -OCH3 is 1. The predicted molar refractivity (Wildman–Crippen MR) is 115 cm³/mol. The van der Waals surface area contributed by atoms with Crippen molar-refractivity contribution in [1.82, 2.24) is 4.98 Å². The van der Waals surface area contributed by atoms with E-state index in [1.54, 1.807) is 31.4 Å². The van der Waals surface area contributed by atoms with Crippen molar-refractivity contribution in [3.8, 4) is 17.2 Å². The SMILES string of the molecule is COc1ccc(Nc2oc(-c3ccc(F)cc3)nc2S(=O)(=O)c2ccc(Cl)cc2)cc1. The van der Waals surface area contributed by atoms with Crippen LogP contribution < -0.4 is 10.1 Å². The molecule has 3 aromatic carbocycles. The van der Waals surface area contributed by atoms with Gasteiger partial charge >= 0.3 is 0 Å². The van der Waals surface area contributed by atoms with E-state index in [0.29, 0.717) is 22.0 Å². The highest BCUT2D eigenvalue weighted by atomic mass is 35.5. The molecule has 0 aliphatic carbocycles. The summed E-state index contributed by atoms with van der Waals surface area (Å²) in [6.45, 7) is 0. The number of sulfone groups is 1. The third-order valence-electron chi connectivity index (χ3n) is 4.41. The molecule has 4 aromatic rings. The highest BCUT2D eigenvalue weighted by Gasteiger charge is 2.29. The molecule has 0 amide bonds. The van der Waals surface area contributed by atoms with Crippen LogP contribution in [-0.2, 0) is 9.84 Å². The lowest BCUT2D eigenvalue weighted by atomic mass is 10.2. The van der Waals surface area contributed by atoms with E-state index in [-0.39, 0.29) is 21.7 Å². The Morgan fingerprint density at radius 1 is 0.968 bits per heavy atom. The molecule has 4 rings (SSSR count). The van der Waals surface area contributed by atoms with Crippen molar-refractivity contribution < 1.29 is 22.0 Å². The molecule has 0 saturated carbocycles. The molecule has 31 heavy (non-hydrogen) atoms. The number of nitrogens with one attached hydrogen (secondary N) is 1. The summed E-state index contributed by atoms with van der Waals surface area (Å²) in [4.78, 5) is 4.22. The van der Waals surface area contributed by atoms with E-state index in [9.17, 15) is 12.8 Å². The number of hydrogen-bond acceptors (Lipinski definition) is 6. The van der Waals surface area contributed by atoms with Gasteiger partial charge in [0.05, 0.1) is 12.0 Å². The van der Waals surface area contributed by atoms with E-state index in [1.807, 2.05) is 0 Å². The lowest BCUT2D eigenvalue weighted by molar-refractivity contribution is 0.415. The molecule has 0 radical (unpaired) electrons. The summed E-state index contributed by atoms with van der Waals surface area (Å²) in [5.41, 5.74) is 0.992. The van der Waals surface area contributed by atoms with Crippen LogP contribution in [0.4, 0.5) is 16.0 Å². The molecular weight excluding hydrogens is 443 g/mol. The monoisotopic (exact) mass is 458 g/mol. The number of oxazole rings is 1. The average Bonchev–Trinajstić information content (AvgIpc) is 3.20. The fourth-order valence-electron chi connectivity index (χ4n) is 2.81. The molecule has 0 unspecified atom stereocenters. The fourth-order valence-corrected chi connectivity index (χ4v) is 4.20. The van der Waals surface area contributed by atoms with Gasteiger partial charge in [-0.15, -0.1) is 0 Å². The van der Waals surface area contributed by atoms with Gasteiger partial charge in [0.15, 0.2) is 0 Å². The highest BCUT2D eigenvalue weighted by molar-refractivity contribution is 7.91. The quantitative estimate of drug-likeness (QED) is 0.398. The van der Waals surface area contributed by atoms with Crippen LogP contribution in [0.2, 0.25) is 5.02 Å². The van der Waals surface area contributed by atoms with Crippen LogP contribution >= 0.6 is 11.6 Å². The van der Waals surface area contributed by atoms with Crippen LogP contribution in [0.25, 0.3) is 11.5 Å². The first-order valence-corrected chi connectivity index (χ1v) is 10.9. The van der Waals surface area contributed by atoms with Gasteiger partial charge < -0.3 is 14.5 Å². The van der Waals surface area contributed by atoms with Gasteiger partial charge in [0.2, 0.25) is 26.6 Å². The third kappa shape index (κ3) is 4.40. The summed E-state index contributed by atoms with van der Waals surface area (Å²) >= 11 is 5.89. The van der Waals surface area contributed by atoms with Crippen LogP contribution in [-0.4, -0.2) is 20.5 Å². The lowest BCUT2D eigenvalue weighted by Crippen LogP contribution is -2.05. The van der Waals surface area contributed by atoms with Gasteiger partial charge in [-0.2, -0.15) is 4.98 Å². The second kappa shape index (κ2) is 8.41. The minimum Gasteiger partial charge on any atom is -0.497 e. The maximum atomic E-state index is 13.3. The molecule has 1 heterocycles. The largest absolute Gasteiger partial charge is 0.497 e. The van der Waals surface area contributed by atoms with E-state index in [2.05, 4.69) is 10.3 Å². The third-order valence-corrected chi connectivity index (χ3v) is 6.34. The molecule has 0 aliphatic heterocycles. The highest BCUT2D eigenvalue weighted by Crippen LogP contribution is 2.34. The molecule has 0 saturated heterocycles. The number of aromatic nitrogens is 1. The predicted octanol–water partition coefficient (Wildman–Crippen LogP) is 5.72. The number of anilines is 2. The second-order valence-electron chi connectivity index (χ2n) is 6.47. The van der Waals surface area contributed by atoms with Gasteiger partial charge in [-0.1, -0.05) is 11.6 Å². The average molecular weight is 459 g/mol. The van der Waals surface area contributed by atoms with Crippen LogP contribution in [0.15, 0.2) is 87.1 Å². The zero-order valence-corrected chi connectivity index (χ0v) is 17.7. The summed E-state index contributed by atoms with van der Waals surface area (Å²) in [6.07, 6.45) is 0. The Morgan fingerprint density at radius 2 is 1.61 bits per heavy atom. The number of nitrogens with zero attached hydrogens (tertiary/aromatic N) is 1. The van der Waals surface area contributed by atoms with E-state index < -0.39 is 15.7 Å². The fraction of sp³-hybridized carbons (Fsp3) is 0.0455. The smallest absolute Gasteiger partial charge is 0.238 e. The summed E-state index contributed by atoms with van der Waals surface area (Å²) in [6, 6.07) is 18.0. The van der Waals surface area contributed by atoms with E-state index in [1.165, 1.54) is 48.5 Å². The minimum atomic E-state index is -4.04. The number of halogens is 2. The normalized spacial score (nSPS) is 11.3. The molecule has 0 spiro atoms. The standard InChI is InChI=1S/C22H16ClFN2O4S/c1-29-18-10-8-17(9-11-18)25-21-22(31(27,28)19-12-4-15(23)5-13-19)26-20(30-21)14-2-6-16(24)7-3-14/h2-13,25H,1H3. The summed E-state index contributed by atoms with van der Waals surface area (Å²) in [5, 5.41) is 3.05. The zero-order valence-electron chi connectivity index (χ0n) is 16.2. The lowest BCUT2D eigenvalue weighted by Gasteiger charge is -2.07. The molecular formula is C22H16ClFN2O4S. The van der Waals surface area contributed by atoms with Crippen LogP contribution in [0.5, 0.6) is 5.75 Å². The van der Waals surface area contributed by atoms with E-state index in [0.717, 1.165) is 0 Å². The molecule has 0 fully saturated rings. The van der Waals surface area contributed by atoms with Crippen molar-refractivity contribution in [2.75, 3.05) is 12.4 Å². The Balaban J connectivity index is 1.81. The first-order chi connectivity index (χ1) is 14.9. The Labute approximate surface area is 183 Å². The molecule has 0 aliphatic rings. The molecule has 9 heteroatoms. The van der Waals surface area contributed by atoms with Crippen molar-refractivity contribution >= 4 is 33.0 Å². The van der Waals surface area contributed by atoms with Gasteiger partial charge in [0.25, 0.3) is 0 Å². The Hall–Kier alpha value is -3.36. The van der Waals surface area contributed by atoms with Crippen molar-refractivity contribution in [3.63, 3.8) is 0 Å². The maximum Gasteiger partial charge on any atom is 0.238 e. The summed E-state index contributed by atoms with van der Waals surface area (Å²) < 4.78 is 50.7. The number of rotatable bonds is 6. The molecule has 6 nitrogen and oxygen atoms in total. The van der Waals surface area contributed by atoms with Gasteiger partial charge in [0, 0.05) is 16.3 Å². The van der Waals surface area contributed by atoms with Crippen molar-refractivity contribution in [2.24, 2.45) is 0 Å². The van der Waals surface area contributed by atoms with E-state index in [4.69, 9.17) is 20.8 Å². The summed E-state index contributed by atoms with van der Waals surface area (Å²) in [7, 11) is -2.49. The minimum absolute atomic E-state index is 0.00800. The van der Waals surface area contributed by atoms with Gasteiger partial charge in [-0.3, -0.25) is 0 Å². The van der Waals surface area contributed by atoms with Crippen LogP contribution in [0.3, 0.4) is 0 Å². The van der Waals surface area contributed by atoms with E-state index >= 15 is 0 Å². The molecule has 1 aromatic heterocycles. The topological polar surface area (TPSA) is 81.4 Å². The van der Waals surface area contributed by atoms with Crippen LogP contribution in [0, 0.1) is 5.82 Å². The number of hydrogen-bond donors (Lipinski definition) is 1. The number of ether oxygens (including phenoxy) is 1. The molecule has 1 N–H and O–H groups in total. The van der Waals surface area contributed by atoms with Gasteiger partial charge in [-0.25, -0.2) is 12.8 Å². The first kappa shape index (κ1) is 20.9. The second-order valence-corrected chi connectivity index (χ2v) is 8.77. The molecule has 0 atom stereocenters. The Morgan fingerprint density at radius 3 is 2.23 bits per heavy atom. The van der Waals surface area contributed by atoms with Crippen LogP contribution in [0.1, 0.15) is 0 Å². The van der Waals surface area contributed by atoms with Gasteiger partial charge in [-0.05, 0) is 72.8 Å². The Bertz CT molecular complexity index is 1300. The number of benzene rings is 3. The van der Waals surface area contributed by atoms with Crippen molar-refractivity contribution in [3.05, 3.63) is 83.6 Å². The van der Waals surface area contributed by atoms with Crippen molar-refractivity contribution in [1.29, 1.82) is 0 Å². The first-order valence-electron chi connectivity index (χ1n) is 9.05. The van der Waals surface area contributed by atoms with Gasteiger partial charge in [0.1, 0.15) is 11.6 Å². The van der Waals surface area contributed by atoms with Crippen molar-refractivity contribution in [2.45, 2.75) is 9.92 Å². The zero-order chi connectivity index (χ0) is 22.0. The molecule has 0 bridgehead atoms. The maximum absolute atomic E-state index is 13.3. The molecule has 158 valence electrons.